The van der Waals surface area contributed by atoms with Crippen LogP contribution in [0.1, 0.15) is 5.56 Å². The van der Waals surface area contributed by atoms with Crippen molar-refractivity contribution in [3.63, 3.8) is 0 Å². The first-order valence-electron chi connectivity index (χ1n) is 10.9. The molecule has 0 bridgehead atoms. The first kappa shape index (κ1) is 21.7. The van der Waals surface area contributed by atoms with Crippen molar-refractivity contribution in [3.05, 3.63) is 96.3 Å². The molecule has 5 rings (SSSR count). The van der Waals surface area contributed by atoms with Gasteiger partial charge in [0.05, 0.1) is 19.3 Å². The molecule has 1 saturated heterocycles. The number of ether oxygens (including phenoxy) is 2. The average Bonchev–Trinajstić information content (AvgIpc) is 3.36. The fraction of sp³-hybridized carbons (Fsp3) is 0.111. The standard InChI is InChI=1S/C27H23N3O3S/c1-32-24-13-7-8-14-25(24)33-16-15-29-18-19(21-11-5-6-12-23(21)29)17-22-26(31)30(27(34)28-22)20-9-3-2-4-10-20/h2-14,17-18H,15-16H2,1H3,(H,28,34)/b22-17-. The molecule has 7 heteroatoms. The number of rotatable bonds is 7. The van der Waals surface area contributed by atoms with Crippen molar-refractivity contribution in [2.75, 3.05) is 18.6 Å². The predicted octanol–water partition coefficient (Wildman–Crippen LogP) is 4.99. The van der Waals surface area contributed by atoms with Crippen LogP contribution in [-0.4, -0.2) is 29.3 Å². The second kappa shape index (κ2) is 9.41. The van der Waals surface area contributed by atoms with Gasteiger partial charge in [-0.1, -0.05) is 48.5 Å². The van der Waals surface area contributed by atoms with Crippen molar-refractivity contribution in [1.82, 2.24) is 9.88 Å². The number of carbonyl (C=O) groups is 1. The lowest BCUT2D eigenvalue weighted by Crippen LogP contribution is -2.30. The lowest BCUT2D eigenvalue weighted by Gasteiger charge is -2.13. The van der Waals surface area contributed by atoms with Crippen molar-refractivity contribution in [2.24, 2.45) is 0 Å². The van der Waals surface area contributed by atoms with Crippen molar-refractivity contribution in [3.8, 4) is 11.5 Å². The molecule has 0 saturated carbocycles. The van der Waals surface area contributed by atoms with E-state index in [9.17, 15) is 4.79 Å². The Labute approximate surface area is 203 Å². The normalized spacial score (nSPS) is 14.6. The number of para-hydroxylation sites is 4. The van der Waals surface area contributed by atoms with Gasteiger partial charge in [0.25, 0.3) is 5.91 Å². The molecule has 34 heavy (non-hydrogen) atoms. The summed E-state index contributed by atoms with van der Waals surface area (Å²) in [6, 6.07) is 25.1. The van der Waals surface area contributed by atoms with E-state index in [1.54, 1.807) is 7.11 Å². The topological polar surface area (TPSA) is 55.7 Å². The van der Waals surface area contributed by atoms with E-state index >= 15 is 0 Å². The summed E-state index contributed by atoms with van der Waals surface area (Å²) in [6.45, 7) is 1.11. The number of fused-ring (bicyclic) bond motifs is 1. The SMILES string of the molecule is COc1ccccc1OCCn1cc(/C=C2\NC(=S)N(c3ccccc3)C2=O)c2ccccc21. The molecule has 0 spiro atoms. The van der Waals surface area contributed by atoms with E-state index in [-0.39, 0.29) is 5.91 Å². The quantitative estimate of drug-likeness (QED) is 0.305. The summed E-state index contributed by atoms with van der Waals surface area (Å²) in [6.07, 6.45) is 3.89. The van der Waals surface area contributed by atoms with E-state index in [1.165, 1.54) is 4.90 Å². The largest absolute Gasteiger partial charge is 0.493 e. The lowest BCUT2D eigenvalue weighted by molar-refractivity contribution is -0.113. The molecule has 170 valence electrons. The van der Waals surface area contributed by atoms with Crippen LogP contribution >= 0.6 is 12.2 Å². The molecule has 0 aliphatic carbocycles. The number of amides is 1. The molecule has 0 atom stereocenters. The van der Waals surface area contributed by atoms with Gasteiger partial charge in [0.1, 0.15) is 12.3 Å². The highest BCUT2D eigenvalue weighted by Gasteiger charge is 2.32. The van der Waals surface area contributed by atoms with Gasteiger partial charge in [-0.15, -0.1) is 0 Å². The minimum Gasteiger partial charge on any atom is -0.493 e. The molecule has 1 N–H and O–H groups in total. The van der Waals surface area contributed by atoms with Gasteiger partial charge in [-0.2, -0.15) is 0 Å². The molecule has 0 unspecified atom stereocenters. The summed E-state index contributed by atoms with van der Waals surface area (Å²) in [7, 11) is 1.63. The van der Waals surface area contributed by atoms with E-state index in [0.717, 1.165) is 22.2 Å². The summed E-state index contributed by atoms with van der Waals surface area (Å²) in [5.74, 6) is 1.24. The highest BCUT2D eigenvalue weighted by molar-refractivity contribution is 7.80. The van der Waals surface area contributed by atoms with Crippen LogP contribution in [0.15, 0.2) is 90.8 Å². The van der Waals surface area contributed by atoms with Gasteiger partial charge >= 0.3 is 0 Å². The number of aromatic nitrogens is 1. The Hall–Kier alpha value is -4.10. The number of carbonyl (C=O) groups excluding carboxylic acids is 1. The Bertz CT molecular complexity index is 1390. The van der Waals surface area contributed by atoms with Crippen LogP contribution in [0.2, 0.25) is 0 Å². The maximum Gasteiger partial charge on any atom is 0.281 e. The highest BCUT2D eigenvalue weighted by Crippen LogP contribution is 2.28. The first-order chi connectivity index (χ1) is 16.7. The number of nitrogens with zero attached hydrogens (tertiary/aromatic N) is 2. The van der Waals surface area contributed by atoms with Crippen LogP contribution in [0, 0.1) is 0 Å². The molecular weight excluding hydrogens is 446 g/mol. The summed E-state index contributed by atoms with van der Waals surface area (Å²) in [5.41, 5.74) is 3.18. The lowest BCUT2D eigenvalue weighted by atomic mass is 10.1. The third-order valence-electron chi connectivity index (χ3n) is 5.67. The zero-order valence-corrected chi connectivity index (χ0v) is 19.4. The number of benzene rings is 3. The number of methoxy groups -OCH3 is 1. The van der Waals surface area contributed by atoms with E-state index in [2.05, 4.69) is 16.0 Å². The fourth-order valence-corrected chi connectivity index (χ4v) is 4.37. The smallest absolute Gasteiger partial charge is 0.281 e. The average molecular weight is 470 g/mol. The molecular formula is C27H23N3O3S. The molecule has 1 aliphatic rings. The minimum absolute atomic E-state index is 0.174. The van der Waals surface area contributed by atoms with E-state index < -0.39 is 0 Å². The zero-order valence-electron chi connectivity index (χ0n) is 18.6. The summed E-state index contributed by atoms with van der Waals surface area (Å²) in [4.78, 5) is 14.6. The number of thiocarbonyl (C=S) groups is 1. The molecule has 4 aromatic rings. The Balaban J connectivity index is 1.40. The molecule has 2 heterocycles. The van der Waals surface area contributed by atoms with Gasteiger partial charge in [0.15, 0.2) is 16.6 Å². The van der Waals surface area contributed by atoms with E-state index in [1.807, 2.05) is 85.1 Å². The van der Waals surface area contributed by atoms with Gasteiger partial charge in [0, 0.05) is 22.7 Å². The molecule has 3 aromatic carbocycles. The predicted molar refractivity (Wildman–Crippen MR) is 138 cm³/mol. The van der Waals surface area contributed by atoms with Crippen LogP contribution in [0.25, 0.3) is 17.0 Å². The Morgan fingerprint density at radius 3 is 2.44 bits per heavy atom. The molecule has 1 aliphatic heterocycles. The van der Waals surface area contributed by atoms with Crippen LogP contribution in [-0.2, 0) is 11.3 Å². The summed E-state index contributed by atoms with van der Waals surface area (Å²) < 4.78 is 13.5. The number of hydrogen-bond acceptors (Lipinski definition) is 4. The van der Waals surface area contributed by atoms with Crippen molar-refractivity contribution in [2.45, 2.75) is 6.54 Å². The second-order valence-corrected chi connectivity index (χ2v) is 8.15. The van der Waals surface area contributed by atoms with Crippen LogP contribution in [0.5, 0.6) is 11.5 Å². The van der Waals surface area contributed by atoms with Gasteiger partial charge < -0.3 is 19.4 Å². The van der Waals surface area contributed by atoms with Crippen LogP contribution in [0.3, 0.4) is 0 Å². The maximum absolute atomic E-state index is 13.1. The molecule has 1 fully saturated rings. The third-order valence-corrected chi connectivity index (χ3v) is 5.96. The Kier molecular flexibility index (Phi) is 6.01. The van der Waals surface area contributed by atoms with Crippen molar-refractivity contribution >= 4 is 45.9 Å². The Morgan fingerprint density at radius 1 is 0.941 bits per heavy atom. The van der Waals surface area contributed by atoms with Gasteiger partial charge in [-0.25, -0.2) is 0 Å². The third kappa shape index (κ3) is 4.13. The van der Waals surface area contributed by atoms with Crippen molar-refractivity contribution < 1.29 is 14.3 Å². The zero-order chi connectivity index (χ0) is 23.5. The molecule has 0 radical (unpaired) electrons. The van der Waals surface area contributed by atoms with Gasteiger partial charge in [-0.3, -0.25) is 9.69 Å². The monoisotopic (exact) mass is 469 g/mol. The Morgan fingerprint density at radius 2 is 1.65 bits per heavy atom. The molecule has 1 amide bonds. The first-order valence-corrected chi connectivity index (χ1v) is 11.3. The maximum atomic E-state index is 13.1. The highest BCUT2D eigenvalue weighted by atomic mass is 32.1. The van der Waals surface area contributed by atoms with Crippen molar-refractivity contribution in [1.29, 1.82) is 0 Å². The van der Waals surface area contributed by atoms with E-state index in [0.29, 0.717) is 35.5 Å². The molecule has 1 aromatic heterocycles. The van der Waals surface area contributed by atoms with Gasteiger partial charge in [0.2, 0.25) is 0 Å². The fourth-order valence-electron chi connectivity index (χ4n) is 4.07. The summed E-state index contributed by atoms with van der Waals surface area (Å²) in [5, 5.41) is 4.49. The minimum atomic E-state index is -0.174. The number of hydrogen-bond donors (Lipinski definition) is 1. The number of nitrogens with one attached hydrogen (secondary N) is 1. The van der Waals surface area contributed by atoms with E-state index in [4.69, 9.17) is 21.7 Å². The van der Waals surface area contributed by atoms with Crippen LogP contribution < -0.4 is 19.7 Å². The van der Waals surface area contributed by atoms with Crippen LogP contribution in [0.4, 0.5) is 5.69 Å². The summed E-state index contributed by atoms with van der Waals surface area (Å²) >= 11 is 5.44. The number of anilines is 1. The van der Waals surface area contributed by atoms with Gasteiger partial charge in [-0.05, 0) is 48.6 Å². The second-order valence-electron chi connectivity index (χ2n) is 7.76. The molecule has 6 nitrogen and oxygen atoms in total.